The van der Waals surface area contributed by atoms with Gasteiger partial charge in [-0.2, -0.15) is 0 Å². The minimum absolute atomic E-state index is 0.0232. The minimum Gasteiger partial charge on any atom is -0.453 e. The molecule has 0 radical (unpaired) electrons. The zero-order valence-electron chi connectivity index (χ0n) is 14.4. The summed E-state index contributed by atoms with van der Waals surface area (Å²) in [7, 11) is 0. The lowest BCUT2D eigenvalue weighted by Crippen LogP contribution is -2.42. The van der Waals surface area contributed by atoms with Gasteiger partial charge >= 0.3 is 6.09 Å². The van der Waals surface area contributed by atoms with E-state index in [-0.39, 0.29) is 17.8 Å². The van der Waals surface area contributed by atoms with Gasteiger partial charge in [-0.25, -0.2) is 4.79 Å². The Morgan fingerprint density at radius 3 is 2.46 bits per heavy atom. The maximum Gasteiger partial charge on any atom is 0.410 e. The number of ketones is 1. The van der Waals surface area contributed by atoms with E-state index in [9.17, 15) is 9.59 Å². The van der Waals surface area contributed by atoms with Crippen molar-refractivity contribution in [2.75, 3.05) is 13.1 Å². The number of ether oxygens (including phenoxy) is 1. The highest BCUT2D eigenvalue weighted by atomic mass is 16.6. The number of Topliss-reactive ketones (excluding diaryl/α,β-unsaturated/α-hetero) is 1. The average Bonchev–Trinajstić information content (AvgIpc) is 2.96. The van der Waals surface area contributed by atoms with Gasteiger partial charge in [-0.3, -0.25) is 4.79 Å². The number of amides is 1. The molecule has 0 N–H and O–H groups in total. The molecule has 0 spiro atoms. The summed E-state index contributed by atoms with van der Waals surface area (Å²) in [5, 5.41) is 0.937. The molecule has 5 heteroatoms. The van der Waals surface area contributed by atoms with E-state index in [0.717, 1.165) is 11.0 Å². The van der Waals surface area contributed by atoms with Crippen LogP contribution < -0.4 is 0 Å². The third kappa shape index (κ3) is 3.61. The van der Waals surface area contributed by atoms with Crippen LogP contribution in [0.5, 0.6) is 0 Å². The summed E-state index contributed by atoms with van der Waals surface area (Å²) in [6.07, 6.45) is 0.960. The van der Waals surface area contributed by atoms with Crippen molar-refractivity contribution in [1.29, 1.82) is 0 Å². The SMILES string of the molecule is CC(C)(C)OC(=O)N1CCC(C(=O)c2cc3ccccc3o2)CC1. The Labute approximate surface area is 141 Å². The monoisotopic (exact) mass is 329 g/mol. The number of furan rings is 1. The van der Waals surface area contributed by atoms with Crippen LogP contribution in [0.3, 0.4) is 0 Å². The van der Waals surface area contributed by atoms with Gasteiger partial charge in [0.2, 0.25) is 5.78 Å². The van der Waals surface area contributed by atoms with Gasteiger partial charge in [0.05, 0.1) is 0 Å². The van der Waals surface area contributed by atoms with Gasteiger partial charge in [0.1, 0.15) is 11.2 Å². The molecule has 0 aliphatic carbocycles. The highest BCUT2D eigenvalue weighted by Crippen LogP contribution is 2.26. The van der Waals surface area contributed by atoms with Crippen LogP contribution in [0, 0.1) is 5.92 Å². The number of piperidine rings is 1. The molecule has 1 aliphatic heterocycles. The molecule has 2 aromatic rings. The summed E-state index contributed by atoms with van der Waals surface area (Å²) in [4.78, 5) is 26.4. The first-order valence-corrected chi connectivity index (χ1v) is 8.34. The Morgan fingerprint density at radius 2 is 1.83 bits per heavy atom. The van der Waals surface area contributed by atoms with Crippen molar-refractivity contribution in [2.24, 2.45) is 5.92 Å². The predicted octanol–water partition coefficient (Wildman–Crippen LogP) is 4.26. The van der Waals surface area contributed by atoms with E-state index >= 15 is 0 Å². The first-order valence-electron chi connectivity index (χ1n) is 8.34. The van der Waals surface area contributed by atoms with Crippen molar-refractivity contribution in [3.05, 3.63) is 36.1 Å². The maximum absolute atomic E-state index is 12.6. The van der Waals surface area contributed by atoms with Gasteiger partial charge in [0, 0.05) is 24.4 Å². The van der Waals surface area contributed by atoms with E-state index in [2.05, 4.69) is 0 Å². The number of hydrogen-bond acceptors (Lipinski definition) is 4. The summed E-state index contributed by atoms with van der Waals surface area (Å²) in [6.45, 7) is 6.62. The Balaban J connectivity index is 1.62. The quantitative estimate of drug-likeness (QED) is 0.772. The van der Waals surface area contributed by atoms with Crippen molar-refractivity contribution >= 4 is 22.8 Å². The number of carbonyl (C=O) groups excluding carboxylic acids is 2. The molecule has 0 unspecified atom stereocenters. The lowest BCUT2D eigenvalue weighted by atomic mass is 9.91. The summed E-state index contributed by atoms with van der Waals surface area (Å²) >= 11 is 0. The Hall–Kier alpha value is -2.30. The van der Waals surface area contributed by atoms with Crippen molar-refractivity contribution in [2.45, 2.75) is 39.2 Å². The van der Waals surface area contributed by atoms with Crippen molar-refractivity contribution in [3.63, 3.8) is 0 Å². The fourth-order valence-corrected chi connectivity index (χ4v) is 2.96. The van der Waals surface area contributed by atoms with E-state index in [1.165, 1.54) is 0 Å². The standard InChI is InChI=1S/C19H23NO4/c1-19(2,3)24-18(22)20-10-8-13(9-11-20)17(21)16-12-14-6-4-5-7-15(14)23-16/h4-7,12-13H,8-11H2,1-3H3. The van der Waals surface area contributed by atoms with Crippen LogP contribution in [0.4, 0.5) is 4.79 Å². The smallest absolute Gasteiger partial charge is 0.410 e. The van der Waals surface area contributed by atoms with Gasteiger partial charge in [-0.15, -0.1) is 0 Å². The Morgan fingerprint density at radius 1 is 1.17 bits per heavy atom. The molecule has 0 atom stereocenters. The van der Waals surface area contributed by atoms with E-state index in [1.54, 1.807) is 11.0 Å². The molecule has 3 rings (SSSR count). The molecule has 2 heterocycles. The molecular formula is C19H23NO4. The lowest BCUT2D eigenvalue weighted by molar-refractivity contribution is 0.0181. The Bertz CT molecular complexity index is 715. The minimum atomic E-state index is -0.502. The van der Waals surface area contributed by atoms with Crippen molar-refractivity contribution in [1.82, 2.24) is 4.90 Å². The molecule has 1 saturated heterocycles. The first-order chi connectivity index (χ1) is 11.3. The second-order valence-electron chi connectivity index (χ2n) is 7.25. The van der Waals surface area contributed by atoms with Crippen molar-refractivity contribution in [3.8, 4) is 0 Å². The molecule has 5 nitrogen and oxygen atoms in total. The van der Waals surface area contributed by atoms with Crippen LogP contribution in [-0.4, -0.2) is 35.5 Å². The highest BCUT2D eigenvalue weighted by Gasteiger charge is 2.31. The highest BCUT2D eigenvalue weighted by molar-refractivity contribution is 5.99. The first kappa shape index (κ1) is 16.6. The largest absolute Gasteiger partial charge is 0.453 e. The van der Waals surface area contributed by atoms with Crippen LogP contribution in [-0.2, 0) is 4.74 Å². The number of para-hydroxylation sites is 1. The van der Waals surface area contributed by atoms with Crippen LogP contribution in [0.2, 0.25) is 0 Å². The van der Waals surface area contributed by atoms with E-state index < -0.39 is 5.60 Å². The maximum atomic E-state index is 12.6. The summed E-state index contributed by atoms with van der Waals surface area (Å²) in [5.41, 5.74) is 0.227. The Kier molecular flexibility index (Phi) is 4.35. The predicted molar refractivity (Wildman–Crippen MR) is 91.1 cm³/mol. The van der Waals surface area contributed by atoms with Crippen LogP contribution in [0.15, 0.2) is 34.7 Å². The van der Waals surface area contributed by atoms with Crippen LogP contribution in [0.1, 0.15) is 44.2 Å². The van der Waals surface area contributed by atoms with E-state index in [4.69, 9.17) is 9.15 Å². The number of likely N-dealkylation sites (tertiary alicyclic amines) is 1. The summed E-state index contributed by atoms with van der Waals surface area (Å²) in [5.74, 6) is 0.325. The van der Waals surface area contributed by atoms with Gasteiger partial charge in [0.15, 0.2) is 5.76 Å². The van der Waals surface area contributed by atoms with Gasteiger partial charge in [-0.05, 0) is 45.7 Å². The molecule has 0 saturated carbocycles. The molecule has 1 amide bonds. The molecule has 0 bridgehead atoms. The number of hydrogen-bond donors (Lipinski definition) is 0. The number of fused-ring (bicyclic) bond motifs is 1. The van der Waals surface area contributed by atoms with Crippen LogP contribution >= 0.6 is 0 Å². The van der Waals surface area contributed by atoms with E-state index in [1.807, 2.05) is 45.0 Å². The van der Waals surface area contributed by atoms with Gasteiger partial charge in [-0.1, -0.05) is 18.2 Å². The number of rotatable bonds is 2. The normalized spacial score (nSPS) is 16.4. The molecule has 1 aromatic heterocycles. The number of nitrogens with zero attached hydrogens (tertiary/aromatic N) is 1. The third-order valence-electron chi connectivity index (χ3n) is 4.19. The van der Waals surface area contributed by atoms with E-state index in [0.29, 0.717) is 31.7 Å². The molecule has 24 heavy (non-hydrogen) atoms. The lowest BCUT2D eigenvalue weighted by Gasteiger charge is -2.32. The topological polar surface area (TPSA) is 59.8 Å². The molecule has 1 fully saturated rings. The van der Waals surface area contributed by atoms with Crippen LogP contribution in [0.25, 0.3) is 11.0 Å². The third-order valence-corrected chi connectivity index (χ3v) is 4.19. The fourth-order valence-electron chi connectivity index (χ4n) is 2.96. The fraction of sp³-hybridized carbons (Fsp3) is 0.474. The summed E-state index contributed by atoms with van der Waals surface area (Å²) < 4.78 is 11.0. The summed E-state index contributed by atoms with van der Waals surface area (Å²) in [6, 6.07) is 9.40. The molecule has 1 aromatic carbocycles. The zero-order valence-corrected chi connectivity index (χ0v) is 14.4. The van der Waals surface area contributed by atoms with Crippen molar-refractivity contribution < 1.29 is 18.7 Å². The number of benzene rings is 1. The average molecular weight is 329 g/mol. The molecule has 1 aliphatic rings. The van der Waals surface area contributed by atoms with Gasteiger partial charge < -0.3 is 14.1 Å². The second kappa shape index (κ2) is 6.30. The van der Waals surface area contributed by atoms with Gasteiger partial charge in [0.25, 0.3) is 0 Å². The second-order valence-corrected chi connectivity index (χ2v) is 7.25. The molecule has 128 valence electrons. The molecular weight excluding hydrogens is 306 g/mol. The zero-order chi connectivity index (χ0) is 17.3. The number of carbonyl (C=O) groups is 2.